The average Bonchev–Trinajstić information content (AvgIpc) is 2.67. The number of halogens is 1. The second kappa shape index (κ2) is 6.59. The monoisotopic (exact) mass is 351 g/mol. The van der Waals surface area contributed by atoms with Crippen LogP contribution in [0.3, 0.4) is 0 Å². The molecule has 1 aliphatic rings. The summed E-state index contributed by atoms with van der Waals surface area (Å²) in [7, 11) is 0. The van der Waals surface area contributed by atoms with Crippen LogP contribution in [0.4, 0.5) is 15.8 Å². The lowest BCUT2D eigenvalue weighted by molar-refractivity contribution is 0.0996. The normalized spacial score (nSPS) is 14.7. The number of hydrogen-bond donors (Lipinski definition) is 1. The lowest BCUT2D eigenvalue weighted by Crippen LogP contribution is -2.46. The van der Waals surface area contributed by atoms with Crippen molar-refractivity contribution in [2.24, 2.45) is 5.73 Å². The summed E-state index contributed by atoms with van der Waals surface area (Å²) in [5, 5.41) is 0.861. The number of hydrogen-bond acceptors (Lipinski definition) is 5. The Morgan fingerprint density at radius 2 is 1.81 bits per heavy atom. The number of carbonyl (C=O) groups is 1. The number of primary amides is 1. The van der Waals surface area contributed by atoms with Gasteiger partial charge in [0.15, 0.2) is 0 Å². The Morgan fingerprint density at radius 1 is 1.04 bits per heavy atom. The third-order valence-electron chi connectivity index (χ3n) is 4.63. The van der Waals surface area contributed by atoms with Gasteiger partial charge in [0.05, 0.1) is 17.4 Å². The van der Waals surface area contributed by atoms with Gasteiger partial charge in [-0.05, 0) is 30.3 Å². The molecular formula is C19H18FN5O. The smallest absolute Gasteiger partial charge is 0.267 e. The molecule has 0 spiro atoms. The van der Waals surface area contributed by atoms with Crippen molar-refractivity contribution in [1.82, 2.24) is 9.97 Å². The molecule has 1 aliphatic heterocycles. The van der Waals surface area contributed by atoms with Gasteiger partial charge in [-0.2, -0.15) is 0 Å². The van der Waals surface area contributed by atoms with Gasteiger partial charge in [0.1, 0.15) is 11.5 Å². The van der Waals surface area contributed by atoms with E-state index in [1.165, 1.54) is 6.07 Å². The minimum atomic E-state index is -0.550. The Hall–Kier alpha value is -3.22. The molecule has 1 fully saturated rings. The Labute approximate surface area is 150 Å². The van der Waals surface area contributed by atoms with Crippen molar-refractivity contribution in [3.8, 4) is 0 Å². The van der Waals surface area contributed by atoms with Crippen LogP contribution in [0, 0.1) is 5.82 Å². The molecule has 4 rings (SSSR count). The molecule has 0 radical (unpaired) electrons. The van der Waals surface area contributed by atoms with E-state index in [9.17, 15) is 9.18 Å². The van der Waals surface area contributed by atoms with E-state index in [2.05, 4.69) is 19.8 Å². The van der Waals surface area contributed by atoms with Gasteiger partial charge >= 0.3 is 0 Å². The van der Waals surface area contributed by atoms with E-state index in [-0.39, 0.29) is 11.5 Å². The molecule has 26 heavy (non-hydrogen) atoms. The highest BCUT2D eigenvalue weighted by molar-refractivity contribution is 5.96. The summed E-state index contributed by atoms with van der Waals surface area (Å²) < 4.78 is 13.4. The number of aromatic nitrogens is 2. The molecule has 7 heteroatoms. The van der Waals surface area contributed by atoms with Crippen molar-refractivity contribution in [2.45, 2.75) is 0 Å². The predicted molar refractivity (Wildman–Crippen MR) is 98.9 cm³/mol. The van der Waals surface area contributed by atoms with Crippen molar-refractivity contribution >= 4 is 28.2 Å². The number of rotatable bonds is 3. The van der Waals surface area contributed by atoms with Gasteiger partial charge in [0, 0.05) is 43.4 Å². The molecule has 132 valence electrons. The Balaban J connectivity index is 1.59. The minimum absolute atomic E-state index is 0.230. The summed E-state index contributed by atoms with van der Waals surface area (Å²) in [5.74, 6) is -0.781. The summed E-state index contributed by atoms with van der Waals surface area (Å²) in [6.45, 7) is 3.02. The van der Waals surface area contributed by atoms with E-state index in [4.69, 9.17) is 5.73 Å². The topological polar surface area (TPSA) is 75.4 Å². The van der Waals surface area contributed by atoms with E-state index >= 15 is 0 Å². The van der Waals surface area contributed by atoms with Crippen LogP contribution in [0.1, 0.15) is 10.5 Å². The third kappa shape index (κ3) is 3.03. The summed E-state index contributed by atoms with van der Waals surface area (Å²) in [6.07, 6.45) is 3.48. The van der Waals surface area contributed by atoms with E-state index in [0.717, 1.165) is 48.5 Å². The Kier molecular flexibility index (Phi) is 4.12. The summed E-state index contributed by atoms with van der Waals surface area (Å²) in [5.41, 5.74) is 8.08. The molecule has 1 amide bonds. The maximum atomic E-state index is 13.4. The second-order valence-corrected chi connectivity index (χ2v) is 6.25. The zero-order chi connectivity index (χ0) is 18.1. The van der Waals surface area contributed by atoms with Gasteiger partial charge in [0.2, 0.25) is 0 Å². The van der Waals surface area contributed by atoms with Crippen LogP contribution >= 0.6 is 0 Å². The number of piperazine rings is 1. The maximum Gasteiger partial charge on any atom is 0.267 e. The molecule has 0 unspecified atom stereocenters. The molecule has 0 atom stereocenters. The molecule has 1 saturated heterocycles. The van der Waals surface area contributed by atoms with Gasteiger partial charge in [-0.1, -0.05) is 6.07 Å². The second-order valence-electron chi connectivity index (χ2n) is 6.25. The van der Waals surface area contributed by atoms with Gasteiger partial charge in [-0.15, -0.1) is 0 Å². The number of nitrogens with zero attached hydrogens (tertiary/aromatic N) is 4. The van der Waals surface area contributed by atoms with Gasteiger partial charge in [-0.25, -0.2) is 9.37 Å². The zero-order valence-electron chi connectivity index (χ0n) is 14.1. The number of anilines is 2. The summed E-state index contributed by atoms with van der Waals surface area (Å²) in [6, 6.07) is 10.1. The van der Waals surface area contributed by atoms with Crippen LogP contribution in [0.5, 0.6) is 0 Å². The summed E-state index contributed by atoms with van der Waals surface area (Å²) in [4.78, 5) is 24.5. The quantitative estimate of drug-likeness (QED) is 0.783. The number of benzene rings is 1. The van der Waals surface area contributed by atoms with Crippen LogP contribution in [-0.2, 0) is 0 Å². The number of amides is 1. The standard InChI is InChI=1S/C19H18FN5O/c20-14-2-1-3-15(10-14)24-6-8-25(9-7-24)17-12-22-11-13-4-5-16(19(21)26)23-18(13)17/h1-5,10-12H,6-9H2,(H2,21,26). The lowest BCUT2D eigenvalue weighted by Gasteiger charge is -2.37. The van der Waals surface area contributed by atoms with Crippen LogP contribution in [-0.4, -0.2) is 42.1 Å². The predicted octanol–water partition coefficient (Wildman–Crippen LogP) is 2.19. The van der Waals surface area contributed by atoms with Crippen LogP contribution < -0.4 is 15.5 Å². The zero-order valence-corrected chi connectivity index (χ0v) is 14.1. The van der Waals surface area contributed by atoms with Crippen molar-refractivity contribution in [3.05, 3.63) is 60.3 Å². The third-order valence-corrected chi connectivity index (χ3v) is 4.63. The number of carbonyl (C=O) groups excluding carboxylic acids is 1. The molecule has 0 aliphatic carbocycles. The first-order valence-corrected chi connectivity index (χ1v) is 8.42. The largest absolute Gasteiger partial charge is 0.368 e. The fourth-order valence-corrected chi connectivity index (χ4v) is 3.28. The average molecular weight is 351 g/mol. The van der Waals surface area contributed by atoms with Crippen molar-refractivity contribution in [3.63, 3.8) is 0 Å². The van der Waals surface area contributed by atoms with E-state index in [1.54, 1.807) is 30.6 Å². The molecule has 0 saturated carbocycles. The fourth-order valence-electron chi connectivity index (χ4n) is 3.28. The number of fused-ring (bicyclic) bond motifs is 1. The maximum absolute atomic E-state index is 13.4. The first-order valence-electron chi connectivity index (χ1n) is 8.42. The highest BCUT2D eigenvalue weighted by Gasteiger charge is 2.20. The van der Waals surface area contributed by atoms with E-state index in [1.807, 2.05) is 12.1 Å². The van der Waals surface area contributed by atoms with E-state index in [0.29, 0.717) is 0 Å². The molecule has 2 aromatic heterocycles. The SMILES string of the molecule is NC(=O)c1ccc2cncc(N3CCN(c4cccc(F)c4)CC3)c2n1. The molecular weight excluding hydrogens is 333 g/mol. The van der Waals surface area contributed by atoms with Crippen LogP contribution in [0.2, 0.25) is 0 Å². The lowest BCUT2D eigenvalue weighted by atomic mass is 10.2. The van der Waals surface area contributed by atoms with Crippen LogP contribution in [0.15, 0.2) is 48.8 Å². The fraction of sp³-hybridized carbons (Fsp3) is 0.211. The Morgan fingerprint density at radius 3 is 2.54 bits per heavy atom. The minimum Gasteiger partial charge on any atom is -0.368 e. The number of pyridine rings is 2. The highest BCUT2D eigenvalue weighted by atomic mass is 19.1. The van der Waals surface area contributed by atoms with Crippen molar-refractivity contribution in [1.29, 1.82) is 0 Å². The van der Waals surface area contributed by atoms with E-state index < -0.39 is 5.91 Å². The first-order chi connectivity index (χ1) is 12.6. The van der Waals surface area contributed by atoms with Crippen molar-refractivity contribution in [2.75, 3.05) is 36.0 Å². The number of nitrogens with two attached hydrogens (primary N) is 1. The molecule has 2 N–H and O–H groups in total. The Bertz CT molecular complexity index is 969. The van der Waals surface area contributed by atoms with Gasteiger partial charge in [0.25, 0.3) is 5.91 Å². The van der Waals surface area contributed by atoms with Crippen molar-refractivity contribution < 1.29 is 9.18 Å². The summed E-state index contributed by atoms with van der Waals surface area (Å²) >= 11 is 0. The molecule has 0 bridgehead atoms. The molecule has 3 aromatic rings. The van der Waals surface area contributed by atoms with Crippen LogP contribution in [0.25, 0.3) is 10.9 Å². The first kappa shape index (κ1) is 16.3. The molecule has 1 aromatic carbocycles. The van der Waals surface area contributed by atoms with Gasteiger partial charge in [-0.3, -0.25) is 9.78 Å². The molecule has 3 heterocycles. The van der Waals surface area contributed by atoms with Gasteiger partial charge < -0.3 is 15.5 Å². The molecule has 6 nitrogen and oxygen atoms in total. The highest BCUT2D eigenvalue weighted by Crippen LogP contribution is 2.26.